The number of likely N-dealkylation sites (tertiary alicyclic amines) is 1. The highest BCUT2D eigenvalue weighted by Crippen LogP contribution is 2.33. The molecule has 0 unspecified atom stereocenters. The maximum absolute atomic E-state index is 6.02. The molecule has 3 aromatic rings. The van der Waals surface area contributed by atoms with Gasteiger partial charge in [-0.3, -0.25) is 10.00 Å². The van der Waals surface area contributed by atoms with Crippen molar-refractivity contribution in [1.82, 2.24) is 15.1 Å². The van der Waals surface area contributed by atoms with E-state index in [4.69, 9.17) is 11.6 Å². The monoisotopic (exact) mass is 357 g/mol. The number of H-pyrrole nitrogens is 1. The van der Waals surface area contributed by atoms with Crippen molar-refractivity contribution in [2.75, 3.05) is 13.1 Å². The molecule has 4 rings (SSSR count). The van der Waals surface area contributed by atoms with Gasteiger partial charge in [0.15, 0.2) is 0 Å². The van der Waals surface area contributed by atoms with Crippen molar-refractivity contribution >= 4 is 22.9 Å². The molecular weight excluding hydrogens is 338 g/mol. The average Bonchev–Trinajstić information content (AvgIpc) is 3.27. The zero-order chi connectivity index (χ0) is 16.4. The van der Waals surface area contributed by atoms with Gasteiger partial charge in [-0.25, -0.2) is 0 Å². The molecule has 2 aromatic heterocycles. The van der Waals surface area contributed by atoms with Crippen LogP contribution < -0.4 is 0 Å². The Morgan fingerprint density at radius 1 is 1.25 bits per heavy atom. The first-order chi connectivity index (χ1) is 11.8. The number of halogens is 1. The SMILES string of the molecule is Clc1ccc(-c2cn[nH]c2[C@@H]2CCCN(Cc3ccsc3)C2)cc1. The van der Waals surface area contributed by atoms with E-state index in [2.05, 4.69) is 44.1 Å². The lowest BCUT2D eigenvalue weighted by atomic mass is 9.90. The molecule has 3 heterocycles. The Morgan fingerprint density at radius 2 is 2.12 bits per heavy atom. The van der Waals surface area contributed by atoms with Crippen LogP contribution in [-0.4, -0.2) is 28.2 Å². The number of thiophene rings is 1. The van der Waals surface area contributed by atoms with Crippen molar-refractivity contribution in [2.24, 2.45) is 0 Å². The van der Waals surface area contributed by atoms with Crippen LogP contribution in [0.1, 0.15) is 30.0 Å². The summed E-state index contributed by atoms with van der Waals surface area (Å²) in [5, 5.41) is 12.8. The van der Waals surface area contributed by atoms with E-state index < -0.39 is 0 Å². The second-order valence-electron chi connectivity index (χ2n) is 6.41. The molecule has 24 heavy (non-hydrogen) atoms. The van der Waals surface area contributed by atoms with Crippen LogP contribution in [-0.2, 0) is 6.54 Å². The number of benzene rings is 1. The molecule has 0 saturated carbocycles. The molecule has 0 spiro atoms. The second-order valence-corrected chi connectivity index (χ2v) is 7.63. The molecule has 5 heteroatoms. The Bertz CT molecular complexity index is 779. The summed E-state index contributed by atoms with van der Waals surface area (Å²) in [7, 11) is 0. The maximum Gasteiger partial charge on any atom is 0.0568 e. The topological polar surface area (TPSA) is 31.9 Å². The van der Waals surface area contributed by atoms with E-state index in [0.29, 0.717) is 5.92 Å². The summed E-state index contributed by atoms with van der Waals surface area (Å²) in [6.07, 6.45) is 4.38. The smallest absolute Gasteiger partial charge is 0.0568 e. The van der Waals surface area contributed by atoms with Gasteiger partial charge >= 0.3 is 0 Å². The molecule has 0 amide bonds. The third kappa shape index (κ3) is 3.41. The van der Waals surface area contributed by atoms with Crippen molar-refractivity contribution in [3.63, 3.8) is 0 Å². The predicted molar refractivity (Wildman–Crippen MR) is 101 cm³/mol. The number of hydrogen-bond donors (Lipinski definition) is 1. The fraction of sp³-hybridized carbons (Fsp3) is 0.316. The Balaban J connectivity index is 1.53. The minimum absolute atomic E-state index is 0.505. The van der Waals surface area contributed by atoms with Crippen LogP contribution >= 0.6 is 22.9 Å². The Morgan fingerprint density at radius 3 is 2.92 bits per heavy atom. The van der Waals surface area contributed by atoms with Crippen molar-refractivity contribution in [1.29, 1.82) is 0 Å². The van der Waals surface area contributed by atoms with Gasteiger partial charge in [-0.05, 0) is 59.5 Å². The van der Waals surface area contributed by atoms with Crippen LogP contribution in [0.5, 0.6) is 0 Å². The normalized spacial score (nSPS) is 18.8. The minimum Gasteiger partial charge on any atom is -0.298 e. The van der Waals surface area contributed by atoms with Crippen LogP contribution in [0.4, 0.5) is 0 Å². The molecule has 1 fully saturated rings. The van der Waals surface area contributed by atoms with Crippen molar-refractivity contribution in [3.05, 3.63) is 63.6 Å². The largest absolute Gasteiger partial charge is 0.298 e. The Hall–Kier alpha value is -1.62. The van der Waals surface area contributed by atoms with Crippen LogP contribution in [0.3, 0.4) is 0 Å². The number of piperidine rings is 1. The third-order valence-corrected chi connectivity index (χ3v) is 5.71. The summed E-state index contributed by atoms with van der Waals surface area (Å²) in [5.74, 6) is 0.505. The first-order valence-electron chi connectivity index (χ1n) is 8.32. The fourth-order valence-electron chi connectivity index (χ4n) is 3.54. The first-order valence-corrected chi connectivity index (χ1v) is 9.64. The molecule has 3 nitrogen and oxygen atoms in total. The molecular formula is C19H20ClN3S. The average molecular weight is 358 g/mol. The van der Waals surface area contributed by atoms with Crippen molar-refractivity contribution in [2.45, 2.75) is 25.3 Å². The number of aromatic nitrogens is 2. The molecule has 0 aliphatic carbocycles. The van der Waals surface area contributed by atoms with E-state index in [1.54, 1.807) is 11.3 Å². The van der Waals surface area contributed by atoms with Crippen LogP contribution in [0.2, 0.25) is 5.02 Å². The lowest BCUT2D eigenvalue weighted by molar-refractivity contribution is 0.199. The van der Waals surface area contributed by atoms with Gasteiger partial charge in [0, 0.05) is 35.3 Å². The highest BCUT2D eigenvalue weighted by Gasteiger charge is 2.25. The molecule has 0 bridgehead atoms. The van der Waals surface area contributed by atoms with E-state index in [1.807, 2.05) is 18.3 Å². The third-order valence-electron chi connectivity index (χ3n) is 4.72. The van der Waals surface area contributed by atoms with Gasteiger partial charge in [0.25, 0.3) is 0 Å². The van der Waals surface area contributed by atoms with Crippen LogP contribution in [0, 0.1) is 0 Å². The van der Waals surface area contributed by atoms with Crippen molar-refractivity contribution in [3.8, 4) is 11.1 Å². The van der Waals surface area contributed by atoms with Gasteiger partial charge in [-0.2, -0.15) is 16.4 Å². The van der Waals surface area contributed by atoms with Gasteiger partial charge in [-0.15, -0.1) is 0 Å². The minimum atomic E-state index is 0.505. The summed E-state index contributed by atoms with van der Waals surface area (Å²) in [6, 6.07) is 10.3. The van der Waals surface area contributed by atoms with E-state index in [0.717, 1.165) is 18.1 Å². The van der Waals surface area contributed by atoms with E-state index in [-0.39, 0.29) is 0 Å². The number of rotatable bonds is 4. The number of hydrogen-bond acceptors (Lipinski definition) is 3. The zero-order valence-electron chi connectivity index (χ0n) is 13.4. The molecule has 1 saturated heterocycles. The number of nitrogens with zero attached hydrogens (tertiary/aromatic N) is 2. The Labute approximate surface area is 151 Å². The lowest BCUT2D eigenvalue weighted by Gasteiger charge is -2.32. The fourth-order valence-corrected chi connectivity index (χ4v) is 4.33. The lowest BCUT2D eigenvalue weighted by Crippen LogP contribution is -2.34. The quantitative estimate of drug-likeness (QED) is 0.698. The highest BCUT2D eigenvalue weighted by molar-refractivity contribution is 7.07. The predicted octanol–water partition coefficient (Wildman–Crippen LogP) is 5.17. The van der Waals surface area contributed by atoms with E-state index >= 15 is 0 Å². The summed E-state index contributed by atoms with van der Waals surface area (Å²) >= 11 is 7.79. The molecule has 1 aliphatic rings. The standard InChI is InChI=1S/C19H20ClN3S/c20-17-5-3-15(4-6-17)18-10-21-22-19(18)16-2-1-8-23(12-16)11-14-7-9-24-13-14/h3-7,9-10,13,16H,1-2,8,11-12H2,(H,21,22)/t16-/m1/s1. The molecule has 1 atom stereocenters. The van der Waals surface area contributed by atoms with E-state index in [1.165, 1.54) is 41.8 Å². The molecule has 124 valence electrons. The summed E-state index contributed by atoms with van der Waals surface area (Å²) in [4.78, 5) is 2.56. The van der Waals surface area contributed by atoms with Crippen LogP contribution in [0.15, 0.2) is 47.3 Å². The summed E-state index contributed by atoms with van der Waals surface area (Å²) < 4.78 is 0. The Kier molecular flexibility index (Phi) is 4.69. The first kappa shape index (κ1) is 15.9. The van der Waals surface area contributed by atoms with E-state index in [9.17, 15) is 0 Å². The van der Waals surface area contributed by atoms with Gasteiger partial charge in [0.05, 0.1) is 6.20 Å². The van der Waals surface area contributed by atoms with Crippen molar-refractivity contribution < 1.29 is 0 Å². The highest BCUT2D eigenvalue weighted by atomic mass is 35.5. The second kappa shape index (κ2) is 7.09. The van der Waals surface area contributed by atoms with Gasteiger partial charge < -0.3 is 0 Å². The zero-order valence-corrected chi connectivity index (χ0v) is 15.0. The summed E-state index contributed by atoms with van der Waals surface area (Å²) in [6.45, 7) is 3.31. The van der Waals surface area contributed by atoms with Gasteiger partial charge in [-0.1, -0.05) is 23.7 Å². The van der Waals surface area contributed by atoms with Crippen LogP contribution in [0.25, 0.3) is 11.1 Å². The molecule has 1 aromatic carbocycles. The maximum atomic E-state index is 6.02. The molecule has 1 N–H and O–H groups in total. The van der Waals surface area contributed by atoms with Gasteiger partial charge in [0.2, 0.25) is 0 Å². The summed E-state index contributed by atoms with van der Waals surface area (Å²) in [5.41, 5.74) is 5.06. The van der Waals surface area contributed by atoms with Gasteiger partial charge in [0.1, 0.15) is 0 Å². The number of aromatic amines is 1. The molecule has 0 radical (unpaired) electrons. The number of nitrogens with one attached hydrogen (secondary N) is 1. The molecule has 1 aliphatic heterocycles.